The number of rotatable bonds is 4. The number of hydrogen-bond donors (Lipinski definition) is 3. The van der Waals surface area contributed by atoms with E-state index in [0.29, 0.717) is 0 Å². The Morgan fingerprint density at radius 3 is 2.71 bits per heavy atom. The van der Waals surface area contributed by atoms with Crippen LogP contribution in [0, 0.1) is 15.5 Å². The van der Waals surface area contributed by atoms with Crippen molar-refractivity contribution in [2.24, 2.45) is 5.73 Å². The maximum atomic E-state index is 10.9. The van der Waals surface area contributed by atoms with E-state index >= 15 is 0 Å². The average Bonchev–Trinajstić information content (AvgIpc) is 2.25. The van der Waals surface area contributed by atoms with Gasteiger partial charge in [-0.25, -0.2) is 4.79 Å². The molecule has 4 N–H and O–H groups in total. The van der Waals surface area contributed by atoms with Gasteiger partial charge >= 0.3 is 5.97 Å². The zero-order valence-electron chi connectivity index (χ0n) is 8.54. The highest BCUT2D eigenvalue weighted by atomic mass is 32.2. The Labute approximate surface area is 100 Å². The first-order valence-corrected chi connectivity index (χ1v) is 5.38. The average molecular weight is 255 g/mol. The minimum Gasteiger partial charge on any atom is -0.478 e. The van der Waals surface area contributed by atoms with Crippen LogP contribution in [-0.4, -0.2) is 21.2 Å². The summed E-state index contributed by atoms with van der Waals surface area (Å²) in [5.74, 6) is -1.26. The molecule has 0 aliphatic heterocycles. The molecule has 0 spiro atoms. The van der Waals surface area contributed by atoms with E-state index in [1.54, 1.807) is 0 Å². The third-order valence-corrected chi connectivity index (χ3v) is 2.69. The van der Waals surface area contributed by atoms with Gasteiger partial charge in [0.1, 0.15) is 0 Å². The van der Waals surface area contributed by atoms with Crippen LogP contribution in [-0.2, 0) is 5.75 Å². The maximum absolute atomic E-state index is 10.9. The molecule has 1 rings (SSSR count). The number of carboxylic acids is 1. The van der Waals surface area contributed by atoms with Gasteiger partial charge in [-0.1, -0.05) is 17.8 Å². The predicted molar refractivity (Wildman–Crippen MR) is 63.3 cm³/mol. The van der Waals surface area contributed by atoms with Crippen LogP contribution >= 0.6 is 11.8 Å². The van der Waals surface area contributed by atoms with E-state index in [2.05, 4.69) is 0 Å². The zero-order valence-corrected chi connectivity index (χ0v) is 9.36. The summed E-state index contributed by atoms with van der Waals surface area (Å²) in [5.41, 5.74) is 4.76. The van der Waals surface area contributed by atoms with E-state index in [9.17, 15) is 14.9 Å². The highest BCUT2D eigenvalue weighted by Crippen LogP contribution is 2.26. The zero-order chi connectivity index (χ0) is 13.0. The van der Waals surface area contributed by atoms with Gasteiger partial charge in [0.25, 0.3) is 5.69 Å². The lowest BCUT2D eigenvalue weighted by molar-refractivity contribution is -0.385. The van der Waals surface area contributed by atoms with Crippen molar-refractivity contribution >= 4 is 28.6 Å². The number of nitro benzene ring substituents is 1. The molecular formula is C9H9N3O4S. The number of aromatic carboxylic acids is 1. The first-order chi connectivity index (χ1) is 7.93. The van der Waals surface area contributed by atoms with Gasteiger partial charge in [0, 0.05) is 11.8 Å². The summed E-state index contributed by atoms with van der Waals surface area (Å²) >= 11 is 0.841. The number of carbonyl (C=O) groups is 1. The molecular weight excluding hydrogens is 246 g/mol. The summed E-state index contributed by atoms with van der Waals surface area (Å²) in [6.07, 6.45) is 0. The number of nitrogens with zero attached hydrogens (tertiary/aromatic N) is 1. The molecule has 0 heterocycles. The number of thioether (sulfide) groups is 1. The number of hydrogen-bond acceptors (Lipinski definition) is 5. The highest BCUT2D eigenvalue weighted by Gasteiger charge is 2.21. The van der Waals surface area contributed by atoms with Crippen LogP contribution in [0.25, 0.3) is 0 Å². The number of nitrogens with two attached hydrogens (primary N) is 1. The number of amidine groups is 1. The summed E-state index contributed by atoms with van der Waals surface area (Å²) in [4.78, 5) is 21.0. The van der Waals surface area contributed by atoms with Crippen LogP contribution in [0.1, 0.15) is 15.9 Å². The Balaban J connectivity index is 3.23. The van der Waals surface area contributed by atoms with Crippen LogP contribution in [0.5, 0.6) is 0 Å². The van der Waals surface area contributed by atoms with Crippen LogP contribution in [0.2, 0.25) is 0 Å². The topological polar surface area (TPSA) is 130 Å². The lowest BCUT2D eigenvalue weighted by Gasteiger charge is -2.05. The molecule has 0 unspecified atom stereocenters. The normalized spacial score (nSPS) is 9.88. The van der Waals surface area contributed by atoms with Crippen molar-refractivity contribution in [1.29, 1.82) is 5.41 Å². The third kappa shape index (κ3) is 3.18. The third-order valence-electron chi connectivity index (χ3n) is 1.95. The Morgan fingerprint density at radius 1 is 1.59 bits per heavy atom. The van der Waals surface area contributed by atoms with Gasteiger partial charge in [-0.3, -0.25) is 15.5 Å². The standard InChI is InChI=1S/C9H9N3O4S/c10-9(11)17-4-6-5(8(13)14)2-1-3-7(6)12(15)16/h1-3H,4H2,(H3,10,11)(H,13,14). The largest absolute Gasteiger partial charge is 0.478 e. The first-order valence-electron chi connectivity index (χ1n) is 4.40. The van der Waals surface area contributed by atoms with Gasteiger partial charge in [-0.15, -0.1) is 0 Å². The van der Waals surface area contributed by atoms with Crippen LogP contribution in [0.15, 0.2) is 18.2 Å². The molecule has 7 nitrogen and oxygen atoms in total. The van der Waals surface area contributed by atoms with E-state index in [1.165, 1.54) is 18.2 Å². The molecule has 0 fully saturated rings. The monoisotopic (exact) mass is 255 g/mol. The molecule has 0 bridgehead atoms. The fourth-order valence-electron chi connectivity index (χ4n) is 1.25. The van der Waals surface area contributed by atoms with Crippen LogP contribution < -0.4 is 5.73 Å². The number of nitro groups is 1. The van der Waals surface area contributed by atoms with E-state index in [0.717, 1.165) is 11.8 Å². The molecule has 0 aliphatic carbocycles. The van der Waals surface area contributed by atoms with Crippen LogP contribution in [0.4, 0.5) is 5.69 Å². The predicted octanol–water partition coefficient (Wildman–Crippen LogP) is 1.42. The Bertz CT molecular complexity index is 457. The summed E-state index contributed by atoms with van der Waals surface area (Å²) in [5, 5.41) is 26.5. The summed E-state index contributed by atoms with van der Waals surface area (Å²) in [6, 6.07) is 3.82. The molecule has 0 saturated carbocycles. The number of benzene rings is 1. The lowest BCUT2D eigenvalue weighted by Crippen LogP contribution is -2.08. The second-order valence-electron chi connectivity index (χ2n) is 3.02. The van der Waals surface area contributed by atoms with Crippen molar-refractivity contribution in [3.63, 3.8) is 0 Å². The minimum atomic E-state index is -1.24. The first kappa shape index (κ1) is 13.0. The molecule has 17 heavy (non-hydrogen) atoms. The molecule has 0 saturated heterocycles. The van der Waals surface area contributed by atoms with Gasteiger partial charge in [-0.05, 0) is 6.07 Å². The number of nitrogens with one attached hydrogen (secondary N) is 1. The smallest absolute Gasteiger partial charge is 0.336 e. The van der Waals surface area contributed by atoms with E-state index in [-0.39, 0.29) is 27.7 Å². The Morgan fingerprint density at radius 2 is 2.24 bits per heavy atom. The molecule has 0 aromatic heterocycles. The summed E-state index contributed by atoms with van der Waals surface area (Å²) in [7, 11) is 0. The fraction of sp³-hybridized carbons (Fsp3) is 0.111. The van der Waals surface area contributed by atoms with Gasteiger partial charge in [0.2, 0.25) is 0 Å². The van der Waals surface area contributed by atoms with Gasteiger partial charge in [0.15, 0.2) is 5.17 Å². The SMILES string of the molecule is N=C(N)SCc1c(C(=O)O)cccc1[N+](=O)[O-]. The molecule has 0 amide bonds. The highest BCUT2D eigenvalue weighted by molar-refractivity contribution is 8.13. The Kier molecular flexibility index (Phi) is 4.05. The summed E-state index contributed by atoms with van der Waals surface area (Å²) < 4.78 is 0. The quantitative estimate of drug-likeness (QED) is 0.323. The number of carboxylic acid groups (broad SMARTS) is 1. The van der Waals surface area contributed by atoms with Gasteiger partial charge in [-0.2, -0.15) is 0 Å². The van der Waals surface area contributed by atoms with E-state index in [1.807, 2.05) is 0 Å². The fourth-order valence-corrected chi connectivity index (χ4v) is 1.85. The second kappa shape index (κ2) is 5.30. The maximum Gasteiger partial charge on any atom is 0.336 e. The van der Waals surface area contributed by atoms with Gasteiger partial charge < -0.3 is 10.8 Å². The van der Waals surface area contributed by atoms with Crippen molar-refractivity contribution in [3.05, 3.63) is 39.4 Å². The Hall–Kier alpha value is -2.09. The van der Waals surface area contributed by atoms with Gasteiger partial charge in [0.05, 0.1) is 16.1 Å². The van der Waals surface area contributed by atoms with Crippen LogP contribution in [0.3, 0.4) is 0 Å². The van der Waals surface area contributed by atoms with Crippen molar-refractivity contribution in [3.8, 4) is 0 Å². The van der Waals surface area contributed by atoms with E-state index < -0.39 is 10.9 Å². The molecule has 1 aromatic carbocycles. The summed E-state index contributed by atoms with van der Waals surface area (Å²) in [6.45, 7) is 0. The minimum absolute atomic E-state index is 0.0197. The molecule has 8 heteroatoms. The van der Waals surface area contributed by atoms with Crippen molar-refractivity contribution in [1.82, 2.24) is 0 Å². The van der Waals surface area contributed by atoms with Crippen molar-refractivity contribution < 1.29 is 14.8 Å². The molecule has 0 atom stereocenters. The van der Waals surface area contributed by atoms with Crippen molar-refractivity contribution in [2.75, 3.05) is 0 Å². The second-order valence-corrected chi connectivity index (χ2v) is 4.04. The molecule has 0 radical (unpaired) electrons. The molecule has 90 valence electrons. The van der Waals surface area contributed by atoms with E-state index in [4.69, 9.17) is 16.2 Å². The molecule has 0 aliphatic rings. The van der Waals surface area contributed by atoms with Crippen molar-refractivity contribution in [2.45, 2.75) is 5.75 Å². The lowest BCUT2D eigenvalue weighted by atomic mass is 10.1. The molecule has 1 aromatic rings.